The predicted molar refractivity (Wildman–Crippen MR) is 79.5 cm³/mol. The van der Waals surface area contributed by atoms with Crippen LogP contribution in [0.25, 0.3) is 0 Å². The Hall–Kier alpha value is -1.55. The Balaban J connectivity index is 2.15. The molecule has 2 rings (SSSR count). The van der Waals surface area contributed by atoms with Gasteiger partial charge in [-0.25, -0.2) is 0 Å². The normalized spacial score (nSPS) is 17.7. The molecule has 0 saturated heterocycles. The average molecular weight is 261 g/mol. The Morgan fingerprint density at radius 1 is 1.42 bits per heavy atom. The second-order valence-corrected chi connectivity index (χ2v) is 5.91. The van der Waals surface area contributed by atoms with Gasteiger partial charge in [-0.15, -0.1) is 0 Å². The van der Waals surface area contributed by atoms with Crippen LogP contribution in [0.3, 0.4) is 0 Å². The van der Waals surface area contributed by atoms with Crippen LogP contribution in [0.5, 0.6) is 0 Å². The summed E-state index contributed by atoms with van der Waals surface area (Å²) in [6.45, 7) is 3.87. The Morgan fingerprint density at radius 3 is 2.58 bits per heavy atom. The maximum atomic E-state index is 12.2. The lowest BCUT2D eigenvalue weighted by Crippen LogP contribution is -2.50. The molecule has 3 N–H and O–H groups in total. The summed E-state index contributed by atoms with van der Waals surface area (Å²) in [7, 11) is 3.98. The van der Waals surface area contributed by atoms with Gasteiger partial charge in [-0.1, -0.05) is 6.07 Å². The highest BCUT2D eigenvalue weighted by atomic mass is 16.2. The molecule has 1 amide bonds. The fraction of sp³-hybridized carbons (Fsp3) is 0.533. The molecule has 1 aliphatic rings. The van der Waals surface area contributed by atoms with Crippen molar-refractivity contribution in [3.8, 4) is 0 Å². The fourth-order valence-electron chi connectivity index (χ4n) is 2.30. The minimum Gasteiger partial charge on any atom is -0.377 e. The van der Waals surface area contributed by atoms with Gasteiger partial charge in [0.05, 0.1) is 5.54 Å². The summed E-state index contributed by atoms with van der Waals surface area (Å²) in [4.78, 5) is 14.3. The number of carbonyl (C=O) groups is 1. The number of hydrogen-bond acceptors (Lipinski definition) is 3. The van der Waals surface area contributed by atoms with Crippen LogP contribution in [0.4, 0.5) is 11.4 Å². The van der Waals surface area contributed by atoms with E-state index < -0.39 is 5.54 Å². The molecular formula is C15H23N3O. The molecule has 1 atom stereocenters. The Labute approximate surface area is 115 Å². The van der Waals surface area contributed by atoms with Crippen LogP contribution in [-0.2, 0) is 4.79 Å². The van der Waals surface area contributed by atoms with Crippen LogP contribution in [-0.4, -0.2) is 25.5 Å². The van der Waals surface area contributed by atoms with E-state index in [2.05, 4.69) is 12.2 Å². The van der Waals surface area contributed by atoms with Crippen molar-refractivity contribution in [3.63, 3.8) is 0 Å². The summed E-state index contributed by atoms with van der Waals surface area (Å²) in [5.74, 6) is 0.231. The summed E-state index contributed by atoms with van der Waals surface area (Å²) in [5.41, 5.74) is 8.44. The number of rotatable bonds is 4. The number of nitrogens with one attached hydrogen (secondary N) is 1. The molecule has 1 saturated carbocycles. The number of nitrogens with two attached hydrogens (primary N) is 1. The minimum absolute atomic E-state index is 0.0939. The van der Waals surface area contributed by atoms with Crippen LogP contribution in [0.1, 0.15) is 25.3 Å². The Kier molecular flexibility index (Phi) is 3.54. The molecule has 19 heavy (non-hydrogen) atoms. The first-order valence-electron chi connectivity index (χ1n) is 6.70. The smallest absolute Gasteiger partial charge is 0.244 e. The molecule has 4 nitrogen and oxygen atoms in total. The lowest BCUT2D eigenvalue weighted by Gasteiger charge is -2.24. The number of nitrogens with zero attached hydrogens (tertiary/aromatic N) is 1. The van der Waals surface area contributed by atoms with Gasteiger partial charge in [0.2, 0.25) is 5.91 Å². The summed E-state index contributed by atoms with van der Waals surface area (Å²) in [5, 5.41) is 2.94. The molecule has 1 aromatic rings. The molecule has 0 aliphatic heterocycles. The molecule has 1 aromatic carbocycles. The second-order valence-electron chi connectivity index (χ2n) is 5.91. The van der Waals surface area contributed by atoms with Crippen LogP contribution in [0.15, 0.2) is 18.2 Å². The van der Waals surface area contributed by atoms with Crippen molar-refractivity contribution in [3.05, 3.63) is 23.8 Å². The number of amides is 1. The SMILES string of the molecule is Cc1ccc(NC(=O)C(C)(N)C2CC2)cc1N(C)C. The maximum Gasteiger partial charge on any atom is 0.244 e. The number of hydrogen-bond donors (Lipinski definition) is 2. The van der Waals surface area contributed by atoms with Crippen molar-refractivity contribution in [1.82, 2.24) is 0 Å². The maximum absolute atomic E-state index is 12.2. The standard InChI is InChI=1S/C15H23N3O/c1-10-5-8-12(9-13(10)18(3)4)17-14(19)15(2,16)11-6-7-11/h5,8-9,11H,6-7,16H2,1-4H3,(H,17,19). The van der Waals surface area contributed by atoms with E-state index in [1.54, 1.807) is 0 Å². The third kappa shape index (κ3) is 2.89. The van der Waals surface area contributed by atoms with Gasteiger partial charge in [-0.3, -0.25) is 4.79 Å². The first kappa shape index (κ1) is 13.9. The molecule has 104 valence electrons. The van der Waals surface area contributed by atoms with E-state index in [0.717, 1.165) is 24.2 Å². The van der Waals surface area contributed by atoms with Crippen molar-refractivity contribution >= 4 is 17.3 Å². The van der Waals surface area contributed by atoms with E-state index in [1.807, 2.05) is 44.1 Å². The average Bonchev–Trinajstić information content (AvgIpc) is 3.15. The zero-order valence-corrected chi connectivity index (χ0v) is 12.2. The van der Waals surface area contributed by atoms with Gasteiger partial charge in [-0.05, 0) is 50.3 Å². The summed E-state index contributed by atoms with van der Waals surface area (Å²) >= 11 is 0. The van der Waals surface area contributed by atoms with Crippen LogP contribution in [0, 0.1) is 12.8 Å². The number of anilines is 2. The van der Waals surface area contributed by atoms with Gasteiger partial charge < -0.3 is 16.0 Å². The Morgan fingerprint density at radius 2 is 2.05 bits per heavy atom. The number of aryl methyl sites for hydroxylation is 1. The number of benzene rings is 1. The fourth-order valence-corrected chi connectivity index (χ4v) is 2.30. The zero-order chi connectivity index (χ0) is 14.2. The molecule has 0 bridgehead atoms. The van der Waals surface area contributed by atoms with Gasteiger partial charge in [0, 0.05) is 25.5 Å². The van der Waals surface area contributed by atoms with Gasteiger partial charge in [0.15, 0.2) is 0 Å². The van der Waals surface area contributed by atoms with Crippen molar-refractivity contribution in [2.75, 3.05) is 24.3 Å². The number of carbonyl (C=O) groups excluding carboxylic acids is 1. The molecule has 1 aliphatic carbocycles. The summed E-state index contributed by atoms with van der Waals surface area (Å²) < 4.78 is 0. The van der Waals surface area contributed by atoms with Crippen molar-refractivity contribution in [1.29, 1.82) is 0 Å². The first-order chi connectivity index (χ1) is 8.82. The van der Waals surface area contributed by atoms with Gasteiger partial charge in [0.25, 0.3) is 0 Å². The van der Waals surface area contributed by atoms with E-state index >= 15 is 0 Å². The highest BCUT2D eigenvalue weighted by Crippen LogP contribution is 2.38. The van der Waals surface area contributed by atoms with Crippen molar-refractivity contribution < 1.29 is 4.79 Å². The molecule has 4 heteroatoms. The molecular weight excluding hydrogens is 238 g/mol. The molecule has 1 unspecified atom stereocenters. The monoisotopic (exact) mass is 261 g/mol. The van der Waals surface area contributed by atoms with Gasteiger partial charge >= 0.3 is 0 Å². The van der Waals surface area contributed by atoms with E-state index in [1.165, 1.54) is 5.56 Å². The van der Waals surface area contributed by atoms with Gasteiger partial charge in [0.1, 0.15) is 0 Å². The highest BCUT2D eigenvalue weighted by Gasteiger charge is 2.44. The molecule has 0 aromatic heterocycles. The second kappa shape index (κ2) is 4.85. The topological polar surface area (TPSA) is 58.4 Å². The minimum atomic E-state index is -0.761. The van der Waals surface area contributed by atoms with Crippen LogP contribution >= 0.6 is 0 Å². The van der Waals surface area contributed by atoms with Crippen LogP contribution in [0.2, 0.25) is 0 Å². The first-order valence-corrected chi connectivity index (χ1v) is 6.70. The van der Waals surface area contributed by atoms with E-state index in [-0.39, 0.29) is 5.91 Å². The largest absolute Gasteiger partial charge is 0.377 e. The van der Waals surface area contributed by atoms with E-state index in [9.17, 15) is 4.79 Å². The van der Waals surface area contributed by atoms with Crippen LogP contribution < -0.4 is 16.0 Å². The quantitative estimate of drug-likeness (QED) is 0.873. The lowest BCUT2D eigenvalue weighted by atomic mass is 9.96. The molecule has 1 fully saturated rings. The Bertz CT molecular complexity index is 490. The highest BCUT2D eigenvalue weighted by molar-refractivity contribution is 5.98. The summed E-state index contributed by atoms with van der Waals surface area (Å²) in [6.07, 6.45) is 2.11. The third-order valence-electron chi connectivity index (χ3n) is 3.86. The van der Waals surface area contributed by atoms with E-state index in [4.69, 9.17) is 5.73 Å². The molecule has 0 spiro atoms. The predicted octanol–water partition coefficient (Wildman–Crippen LogP) is 2.13. The van der Waals surface area contributed by atoms with Gasteiger partial charge in [-0.2, -0.15) is 0 Å². The molecule has 0 radical (unpaired) electrons. The third-order valence-corrected chi connectivity index (χ3v) is 3.86. The summed E-state index contributed by atoms with van der Waals surface area (Å²) in [6, 6.07) is 5.91. The van der Waals surface area contributed by atoms with Crippen molar-refractivity contribution in [2.24, 2.45) is 11.7 Å². The molecule has 0 heterocycles. The van der Waals surface area contributed by atoms with Crippen molar-refractivity contribution in [2.45, 2.75) is 32.2 Å². The van der Waals surface area contributed by atoms with E-state index in [0.29, 0.717) is 5.92 Å². The zero-order valence-electron chi connectivity index (χ0n) is 12.2. The lowest BCUT2D eigenvalue weighted by molar-refractivity contribution is -0.121.